The molecule has 0 bridgehead atoms. The molecule has 0 radical (unpaired) electrons. The first kappa shape index (κ1) is 26.5. The molecule has 190 valence electrons. The van der Waals surface area contributed by atoms with Gasteiger partial charge in [0.1, 0.15) is 10.8 Å². The molecule has 1 aliphatic rings. The quantitative estimate of drug-likeness (QED) is 0.331. The van der Waals surface area contributed by atoms with E-state index in [2.05, 4.69) is 31.4 Å². The predicted octanol–water partition coefficient (Wildman–Crippen LogP) is 7.86. The Morgan fingerprint density at radius 2 is 1.75 bits per heavy atom. The molecule has 0 spiro atoms. The maximum Gasteiger partial charge on any atom is 0.265 e. The van der Waals surface area contributed by atoms with E-state index in [0.29, 0.717) is 38.0 Å². The Labute approximate surface area is 226 Å². The van der Waals surface area contributed by atoms with Crippen molar-refractivity contribution in [1.82, 2.24) is 0 Å². The van der Waals surface area contributed by atoms with Gasteiger partial charge >= 0.3 is 0 Å². The number of fused-ring (bicyclic) bond motifs is 1. The Morgan fingerprint density at radius 3 is 2.42 bits per heavy atom. The van der Waals surface area contributed by atoms with Crippen LogP contribution >= 0.6 is 34.5 Å². The van der Waals surface area contributed by atoms with Crippen LogP contribution in [0.5, 0.6) is 5.75 Å². The van der Waals surface area contributed by atoms with Crippen LogP contribution in [0, 0.1) is 11.3 Å². The van der Waals surface area contributed by atoms with Crippen LogP contribution in [0.1, 0.15) is 54.9 Å². The lowest BCUT2D eigenvalue weighted by Crippen LogP contribution is -2.30. The SMILES string of the molecule is CC(Oc1ccc(Cl)cc1)C(=O)Nc1sc2c(c1C(=O)Nc1ccccc1Cl)CCC(C(C)(C)C)C2. The van der Waals surface area contributed by atoms with E-state index in [1.807, 2.05) is 12.1 Å². The first-order chi connectivity index (χ1) is 17.0. The lowest BCUT2D eigenvalue weighted by molar-refractivity contribution is -0.122. The summed E-state index contributed by atoms with van der Waals surface area (Å²) in [6.45, 7) is 8.43. The topological polar surface area (TPSA) is 67.4 Å². The van der Waals surface area contributed by atoms with E-state index in [9.17, 15) is 9.59 Å². The highest BCUT2D eigenvalue weighted by Gasteiger charge is 2.34. The molecule has 3 aromatic rings. The number of hydrogen-bond acceptors (Lipinski definition) is 4. The highest BCUT2D eigenvalue weighted by atomic mass is 35.5. The van der Waals surface area contributed by atoms with E-state index < -0.39 is 6.10 Å². The second-order valence-corrected chi connectivity index (χ2v) is 12.1. The minimum atomic E-state index is -0.771. The average Bonchev–Trinajstić information content (AvgIpc) is 3.18. The fraction of sp³-hybridized carbons (Fsp3) is 0.357. The van der Waals surface area contributed by atoms with Gasteiger partial charge in [-0.1, -0.05) is 56.1 Å². The minimum Gasteiger partial charge on any atom is -0.481 e. The van der Waals surface area contributed by atoms with Crippen molar-refractivity contribution in [3.63, 3.8) is 0 Å². The van der Waals surface area contributed by atoms with Crippen LogP contribution in [0.3, 0.4) is 0 Å². The van der Waals surface area contributed by atoms with Gasteiger partial charge in [0.25, 0.3) is 11.8 Å². The van der Waals surface area contributed by atoms with Crippen molar-refractivity contribution in [2.75, 3.05) is 10.6 Å². The number of hydrogen-bond donors (Lipinski definition) is 2. The van der Waals surface area contributed by atoms with Crippen LogP contribution in [0.2, 0.25) is 10.0 Å². The fourth-order valence-electron chi connectivity index (χ4n) is 4.39. The van der Waals surface area contributed by atoms with Gasteiger partial charge < -0.3 is 15.4 Å². The summed E-state index contributed by atoms with van der Waals surface area (Å²) in [5.74, 6) is 0.426. The Kier molecular flexibility index (Phi) is 7.98. The molecule has 1 heterocycles. The molecule has 0 fully saturated rings. The van der Waals surface area contributed by atoms with Crippen LogP contribution in [-0.4, -0.2) is 17.9 Å². The third-order valence-corrected chi connectivity index (χ3v) is 8.32. The minimum absolute atomic E-state index is 0.159. The number of benzene rings is 2. The smallest absolute Gasteiger partial charge is 0.265 e. The number of nitrogens with one attached hydrogen (secondary N) is 2. The summed E-state index contributed by atoms with van der Waals surface area (Å²) in [7, 11) is 0. The van der Waals surface area contributed by atoms with Gasteiger partial charge in [-0.3, -0.25) is 9.59 Å². The first-order valence-electron chi connectivity index (χ1n) is 12.0. The first-order valence-corrected chi connectivity index (χ1v) is 13.5. The number of rotatable bonds is 6. The number of halogens is 2. The van der Waals surface area contributed by atoms with Gasteiger partial charge in [0, 0.05) is 9.90 Å². The van der Waals surface area contributed by atoms with E-state index in [0.717, 1.165) is 29.7 Å². The number of carbonyl (C=O) groups is 2. The van der Waals surface area contributed by atoms with Crippen molar-refractivity contribution in [1.29, 1.82) is 0 Å². The fourth-order valence-corrected chi connectivity index (χ4v) is 6.02. The van der Waals surface area contributed by atoms with Crippen LogP contribution in [-0.2, 0) is 17.6 Å². The second-order valence-electron chi connectivity index (χ2n) is 10.2. The van der Waals surface area contributed by atoms with Crippen LogP contribution in [0.15, 0.2) is 48.5 Å². The van der Waals surface area contributed by atoms with Crippen molar-refractivity contribution in [3.05, 3.63) is 74.6 Å². The molecule has 0 saturated heterocycles. The third kappa shape index (κ3) is 6.05. The normalized spacial score (nSPS) is 16.1. The largest absolute Gasteiger partial charge is 0.481 e. The molecule has 1 aromatic heterocycles. The van der Waals surface area contributed by atoms with Gasteiger partial charge in [-0.2, -0.15) is 0 Å². The summed E-state index contributed by atoms with van der Waals surface area (Å²) in [6, 6.07) is 14.0. The number of carbonyl (C=O) groups excluding carboxylic acids is 2. The van der Waals surface area contributed by atoms with Crippen molar-refractivity contribution in [2.45, 2.75) is 53.1 Å². The van der Waals surface area contributed by atoms with Gasteiger partial charge in [-0.25, -0.2) is 0 Å². The number of amides is 2. The lowest BCUT2D eigenvalue weighted by atomic mass is 9.72. The number of para-hydroxylation sites is 1. The molecule has 0 aliphatic heterocycles. The molecule has 2 unspecified atom stereocenters. The van der Waals surface area contributed by atoms with E-state index in [4.69, 9.17) is 27.9 Å². The molecule has 2 N–H and O–H groups in total. The molecular formula is C28H30Cl2N2O3S. The molecule has 5 nitrogen and oxygen atoms in total. The number of thiophene rings is 1. The second kappa shape index (κ2) is 10.8. The number of ether oxygens (including phenoxy) is 1. The molecule has 4 rings (SSSR count). The molecule has 0 saturated carbocycles. The Bertz CT molecular complexity index is 1260. The van der Waals surface area contributed by atoms with E-state index in [1.165, 1.54) is 11.3 Å². The van der Waals surface area contributed by atoms with Crippen molar-refractivity contribution in [2.24, 2.45) is 11.3 Å². The van der Waals surface area contributed by atoms with Crippen molar-refractivity contribution in [3.8, 4) is 5.75 Å². The maximum absolute atomic E-state index is 13.5. The maximum atomic E-state index is 13.5. The van der Waals surface area contributed by atoms with Crippen LogP contribution in [0.25, 0.3) is 0 Å². The predicted molar refractivity (Wildman–Crippen MR) is 149 cm³/mol. The summed E-state index contributed by atoms with van der Waals surface area (Å²) in [5, 5.41) is 7.49. The summed E-state index contributed by atoms with van der Waals surface area (Å²) in [6.07, 6.45) is 1.88. The zero-order valence-electron chi connectivity index (χ0n) is 20.8. The molecule has 2 amide bonds. The monoisotopic (exact) mass is 544 g/mol. The molecular weight excluding hydrogens is 515 g/mol. The lowest BCUT2D eigenvalue weighted by Gasteiger charge is -2.33. The highest BCUT2D eigenvalue weighted by molar-refractivity contribution is 7.17. The van der Waals surface area contributed by atoms with Gasteiger partial charge in [-0.05, 0) is 79.5 Å². The zero-order valence-corrected chi connectivity index (χ0v) is 23.1. The summed E-state index contributed by atoms with van der Waals surface area (Å²) in [5.41, 5.74) is 2.21. The molecule has 8 heteroatoms. The van der Waals surface area contributed by atoms with E-state index >= 15 is 0 Å². The molecule has 2 atom stereocenters. The van der Waals surface area contributed by atoms with E-state index in [-0.39, 0.29) is 17.2 Å². The van der Waals surface area contributed by atoms with Gasteiger partial charge in [0.2, 0.25) is 0 Å². The van der Waals surface area contributed by atoms with Gasteiger partial charge in [-0.15, -0.1) is 11.3 Å². The van der Waals surface area contributed by atoms with Crippen LogP contribution < -0.4 is 15.4 Å². The Hall–Kier alpha value is -2.54. The highest BCUT2D eigenvalue weighted by Crippen LogP contribution is 2.44. The Morgan fingerprint density at radius 1 is 1.06 bits per heavy atom. The number of anilines is 2. The van der Waals surface area contributed by atoms with Gasteiger partial charge in [0.15, 0.2) is 6.10 Å². The summed E-state index contributed by atoms with van der Waals surface area (Å²) >= 11 is 13.7. The van der Waals surface area contributed by atoms with Crippen molar-refractivity contribution >= 4 is 57.0 Å². The Balaban J connectivity index is 1.61. The van der Waals surface area contributed by atoms with Gasteiger partial charge in [0.05, 0.1) is 16.3 Å². The van der Waals surface area contributed by atoms with Crippen molar-refractivity contribution < 1.29 is 14.3 Å². The summed E-state index contributed by atoms with van der Waals surface area (Å²) in [4.78, 5) is 27.8. The molecule has 2 aromatic carbocycles. The van der Waals surface area contributed by atoms with E-state index in [1.54, 1.807) is 43.3 Å². The zero-order chi connectivity index (χ0) is 26.0. The van der Waals surface area contributed by atoms with Crippen LogP contribution in [0.4, 0.5) is 10.7 Å². The summed E-state index contributed by atoms with van der Waals surface area (Å²) < 4.78 is 5.79. The average molecular weight is 546 g/mol. The molecule has 36 heavy (non-hydrogen) atoms. The molecule has 1 aliphatic carbocycles. The standard InChI is InChI=1S/C28H30Cl2N2O3S/c1-16(35-19-12-10-18(29)11-13-19)25(33)32-27-24(26(34)31-22-8-6-5-7-21(22)30)20-14-9-17(28(2,3)4)15-23(20)36-27/h5-8,10-13,16-17H,9,14-15H2,1-4H3,(H,31,34)(H,32,33). The third-order valence-electron chi connectivity index (χ3n) is 6.57.